The first kappa shape index (κ1) is 20.4. The molecule has 4 heterocycles. The molecule has 0 saturated carbocycles. The monoisotopic (exact) mass is 447 g/mol. The highest BCUT2D eigenvalue weighted by atomic mass is 19.1. The van der Waals surface area contributed by atoms with Gasteiger partial charge in [-0.1, -0.05) is 0 Å². The summed E-state index contributed by atoms with van der Waals surface area (Å²) in [5.41, 5.74) is 4.08. The van der Waals surface area contributed by atoms with E-state index in [2.05, 4.69) is 14.9 Å². The maximum absolute atomic E-state index is 15.2. The van der Waals surface area contributed by atoms with E-state index in [0.717, 1.165) is 40.8 Å². The van der Waals surface area contributed by atoms with Gasteiger partial charge in [0.05, 0.1) is 18.2 Å². The Hall–Kier alpha value is -3.16. The van der Waals surface area contributed by atoms with Crippen molar-refractivity contribution in [3.8, 4) is 17.2 Å². The number of hydrogen-bond acceptors (Lipinski definition) is 5. The average Bonchev–Trinajstić information content (AvgIpc) is 3.56. The summed E-state index contributed by atoms with van der Waals surface area (Å²) in [6.07, 6.45) is 4.05. The first-order valence-electron chi connectivity index (χ1n) is 11.5. The van der Waals surface area contributed by atoms with E-state index in [1.165, 1.54) is 12.8 Å². The zero-order valence-corrected chi connectivity index (χ0v) is 18.5. The summed E-state index contributed by atoms with van der Waals surface area (Å²) in [4.78, 5) is 9.98. The number of likely N-dealkylation sites (tertiary alicyclic amines) is 1. The van der Waals surface area contributed by atoms with Crippen LogP contribution in [-0.4, -0.2) is 46.2 Å². The summed E-state index contributed by atoms with van der Waals surface area (Å²) in [7, 11) is 0. The fourth-order valence-electron chi connectivity index (χ4n) is 5.16. The van der Waals surface area contributed by atoms with Crippen molar-refractivity contribution in [1.29, 1.82) is 0 Å². The molecule has 0 aliphatic carbocycles. The van der Waals surface area contributed by atoms with Crippen LogP contribution in [0.3, 0.4) is 0 Å². The first-order valence-corrected chi connectivity index (χ1v) is 11.5. The lowest BCUT2D eigenvalue weighted by Crippen LogP contribution is -2.25. The number of rotatable bonds is 5. The largest absolute Gasteiger partial charge is 0.493 e. The van der Waals surface area contributed by atoms with Crippen molar-refractivity contribution in [1.82, 2.24) is 14.9 Å². The molecule has 1 atom stereocenters. The Bertz CT molecular complexity index is 1360. The lowest BCUT2D eigenvalue weighted by atomic mass is 9.98. The van der Waals surface area contributed by atoms with E-state index in [4.69, 9.17) is 9.47 Å². The average molecular weight is 448 g/mol. The lowest BCUT2D eigenvalue weighted by molar-refractivity contribution is 0.123. The van der Waals surface area contributed by atoms with Crippen molar-refractivity contribution in [3.05, 3.63) is 59.2 Å². The normalized spacial score (nSPS) is 16.9. The number of aromatic amines is 1. The van der Waals surface area contributed by atoms with E-state index in [-0.39, 0.29) is 5.75 Å². The number of fused-ring (bicyclic) bond motifs is 4. The van der Waals surface area contributed by atoms with Crippen LogP contribution in [0.2, 0.25) is 0 Å². The van der Waals surface area contributed by atoms with Crippen LogP contribution in [0.25, 0.3) is 21.8 Å². The molecular formula is C26H26FN3O3. The third-order valence-electron chi connectivity index (χ3n) is 6.72. The Morgan fingerprint density at radius 3 is 2.91 bits per heavy atom. The molecule has 2 N–H and O–H groups in total. The third-order valence-corrected chi connectivity index (χ3v) is 6.72. The third kappa shape index (κ3) is 3.52. The van der Waals surface area contributed by atoms with Gasteiger partial charge in [-0.25, -0.2) is 4.39 Å². The topological polar surface area (TPSA) is 70.6 Å². The fraction of sp³-hybridized carbons (Fsp3) is 0.346. The Balaban J connectivity index is 1.41. The molecule has 2 aromatic carbocycles. The van der Waals surface area contributed by atoms with Crippen molar-refractivity contribution in [2.45, 2.75) is 32.3 Å². The van der Waals surface area contributed by atoms with Crippen LogP contribution in [-0.2, 0) is 6.42 Å². The molecule has 170 valence electrons. The minimum Gasteiger partial charge on any atom is -0.493 e. The predicted molar refractivity (Wildman–Crippen MR) is 125 cm³/mol. The molecule has 2 aliphatic rings. The van der Waals surface area contributed by atoms with Crippen LogP contribution in [0.15, 0.2) is 36.5 Å². The lowest BCUT2D eigenvalue weighted by Gasteiger charge is -2.22. The van der Waals surface area contributed by atoms with E-state index in [1.54, 1.807) is 24.4 Å². The van der Waals surface area contributed by atoms with Crippen LogP contribution >= 0.6 is 0 Å². The van der Waals surface area contributed by atoms with Crippen LogP contribution in [0.5, 0.6) is 17.2 Å². The Kier molecular flexibility index (Phi) is 4.96. The SMILES string of the molecule is Cc1cc2c(F)c(Oc3ccnc4cc(C(O)CN5CCCC5)c5c(c34)CCO5)ccc2[nH]1. The molecule has 6 rings (SSSR count). The van der Waals surface area contributed by atoms with Gasteiger partial charge in [-0.3, -0.25) is 4.98 Å². The zero-order chi connectivity index (χ0) is 22.5. The molecule has 6 nitrogen and oxygen atoms in total. The molecule has 2 aromatic heterocycles. The van der Waals surface area contributed by atoms with Crippen LogP contribution < -0.4 is 9.47 Å². The van der Waals surface area contributed by atoms with Crippen molar-refractivity contribution >= 4 is 21.8 Å². The summed E-state index contributed by atoms with van der Waals surface area (Å²) in [6.45, 7) is 5.05. The number of aryl methyl sites for hydroxylation is 1. The minimum absolute atomic E-state index is 0.166. The number of β-amino-alcohol motifs (C(OH)–C–C–N with tert-alkyl or cyclic N) is 1. The molecule has 0 radical (unpaired) electrons. The van der Waals surface area contributed by atoms with E-state index < -0.39 is 11.9 Å². The molecule has 4 aromatic rings. The predicted octanol–water partition coefficient (Wildman–Crippen LogP) is 5.02. The van der Waals surface area contributed by atoms with Crippen LogP contribution in [0, 0.1) is 12.7 Å². The maximum atomic E-state index is 15.2. The molecule has 0 amide bonds. The number of H-pyrrole nitrogens is 1. The van der Waals surface area contributed by atoms with Gasteiger partial charge in [-0.05, 0) is 63.2 Å². The molecule has 2 aliphatic heterocycles. The molecule has 1 unspecified atom stereocenters. The van der Waals surface area contributed by atoms with Gasteiger partial charge < -0.3 is 24.5 Å². The van der Waals surface area contributed by atoms with Gasteiger partial charge in [0.2, 0.25) is 0 Å². The smallest absolute Gasteiger partial charge is 0.175 e. The minimum atomic E-state index is -0.651. The Labute approximate surface area is 191 Å². The standard InChI is InChI=1S/C26H26FN3O3/c1-15-12-17-19(29-15)4-5-23(25(17)27)33-22-6-8-28-20-13-18(21(31)14-30-9-2-3-10-30)26-16(24(20)22)7-11-32-26/h4-6,8,12-13,21,29,31H,2-3,7,9-11,14H2,1H3. The number of nitrogens with one attached hydrogen (secondary N) is 1. The highest BCUT2D eigenvalue weighted by molar-refractivity contribution is 5.92. The summed E-state index contributed by atoms with van der Waals surface area (Å²) in [5.74, 6) is 1.02. The van der Waals surface area contributed by atoms with E-state index in [9.17, 15) is 5.11 Å². The molecule has 33 heavy (non-hydrogen) atoms. The molecule has 1 fully saturated rings. The first-order chi connectivity index (χ1) is 16.1. The Morgan fingerprint density at radius 2 is 2.06 bits per heavy atom. The van der Waals surface area contributed by atoms with Crippen molar-refractivity contribution in [2.75, 3.05) is 26.2 Å². The second-order valence-electron chi connectivity index (χ2n) is 8.99. The highest BCUT2D eigenvalue weighted by Crippen LogP contribution is 2.43. The summed E-state index contributed by atoms with van der Waals surface area (Å²) < 4.78 is 27.3. The van der Waals surface area contributed by atoms with Gasteiger partial charge in [-0.15, -0.1) is 0 Å². The number of aliphatic hydroxyl groups is 1. The van der Waals surface area contributed by atoms with Crippen molar-refractivity contribution < 1.29 is 19.0 Å². The molecule has 0 bridgehead atoms. The summed E-state index contributed by atoms with van der Waals surface area (Å²) in [5, 5.41) is 12.3. The zero-order valence-electron chi connectivity index (χ0n) is 18.5. The van der Waals surface area contributed by atoms with Gasteiger partial charge >= 0.3 is 0 Å². The summed E-state index contributed by atoms with van der Waals surface area (Å²) in [6, 6.07) is 8.90. The van der Waals surface area contributed by atoms with Gasteiger partial charge in [0.25, 0.3) is 0 Å². The van der Waals surface area contributed by atoms with Crippen LogP contribution in [0.4, 0.5) is 4.39 Å². The number of aromatic nitrogens is 2. The second kappa shape index (κ2) is 8.01. The number of ether oxygens (including phenoxy) is 2. The number of pyridine rings is 1. The summed E-state index contributed by atoms with van der Waals surface area (Å²) >= 11 is 0. The van der Waals surface area contributed by atoms with E-state index in [1.807, 2.05) is 19.1 Å². The van der Waals surface area contributed by atoms with Gasteiger partial charge in [0.15, 0.2) is 11.6 Å². The number of halogens is 1. The second-order valence-corrected chi connectivity index (χ2v) is 8.99. The number of nitrogens with zero attached hydrogens (tertiary/aromatic N) is 2. The number of benzene rings is 2. The van der Waals surface area contributed by atoms with Gasteiger partial charge in [-0.2, -0.15) is 0 Å². The van der Waals surface area contributed by atoms with Gasteiger partial charge in [0, 0.05) is 52.3 Å². The highest BCUT2D eigenvalue weighted by Gasteiger charge is 2.28. The molecular weight excluding hydrogens is 421 g/mol. The maximum Gasteiger partial charge on any atom is 0.175 e. The van der Waals surface area contributed by atoms with Gasteiger partial charge in [0.1, 0.15) is 11.5 Å². The van der Waals surface area contributed by atoms with Crippen LogP contribution in [0.1, 0.15) is 35.8 Å². The van der Waals surface area contributed by atoms with Crippen molar-refractivity contribution in [2.24, 2.45) is 0 Å². The molecule has 0 spiro atoms. The Morgan fingerprint density at radius 1 is 1.21 bits per heavy atom. The molecule has 7 heteroatoms. The number of hydrogen-bond donors (Lipinski definition) is 2. The van der Waals surface area contributed by atoms with E-state index in [0.29, 0.717) is 42.0 Å². The quantitative estimate of drug-likeness (QED) is 0.450. The van der Waals surface area contributed by atoms with Crippen molar-refractivity contribution in [3.63, 3.8) is 0 Å². The number of aliphatic hydroxyl groups excluding tert-OH is 1. The molecule has 1 saturated heterocycles. The van der Waals surface area contributed by atoms with E-state index >= 15 is 4.39 Å². The fourth-order valence-corrected chi connectivity index (χ4v) is 5.16.